The molecule has 11 nitrogen and oxygen atoms in total. The Balaban J connectivity index is 1.29. The molecule has 5 heterocycles. The van der Waals surface area contributed by atoms with Crippen LogP contribution in [0, 0.1) is 0 Å². The van der Waals surface area contributed by atoms with Gasteiger partial charge in [0.1, 0.15) is 0 Å². The van der Waals surface area contributed by atoms with Gasteiger partial charge in [-0.2, -0.15) is 0 Å². The quantitative estimate of drug-likeness (QED) is 0.427. The van der Waals surface area contributed by atoms with Crippen LogP contribution < -0.4 is 10.6 Å². The number of rotatable bonds is 8. The van der Waals surface area contributed by atoms with Crippen molar-refractivity contribution in [3.63, 3.8) is 0 Å². The summed E-state index contributed by atoms with van der Waals surface area (Å²) in [5, 5.41) is 0. The summed E-state index contributed by atoms with van der Waals surface area (Å²) in [6.07, 6.45) is 7.07. The lowest BCUT2D eigenvalue weighted by molar-refractivity contribution is -0.134. The van der Waals surface area contributed by atoms with Crippen LogP contribution in [0.4, 0.5) is 11.8 Å². The first kappa shape index (κ1) is 26.1. The van der Waals surface area contributed by atoms with Gasteiger partial charge in [-0.15, -0.1) is 11.3 Å². The van der Waals surface area contributed by atoms with Gasteiger partial charge in [0, 0.05) is 75.9 Å². The molecular formula is C26H32N8O3S. The van der Waals surface area contributed by atoms with Crippen molar-refractivity contribution < 1.29 is 14.3 Å². The van der Waals surface area contributed by atoms with E-state index in [0.717, 1.165) is 54.3 Å². The smallest absolute Gasteiger partial charge is 0.223 e. The fraction of sp³-hybridized carbons (Fsp3) is 0.462. The van der Waals surface area contributed by atoms with Crippen LogP contribution in [-0.2, 0) is 20.9 Å². The molecule has 12 heteroatoms. The van der Waals surface area contributed by atoms with E-state index in [1.165, 1.54) is 11.0 Å². The fourth-order valence-corrected chi connectivity index (χ4v) is 5.80. The van der Waals surface area contributed by atoms with Crippen LogP contribution in [0.15, 0.2) is 30.6 Å². The standard InChI is InChI=1S/C26H32N8O3S/c1-2-3-19(35)4-5-22(36)33-8-6-32(7-9-33)17-20-14-21-23(38-20)25(34-10-12-37-13-11-34)31-24(30-21)18-15-28-26(27)29-16-18/h2-3,14-16H,4-13,17H2,1H3,(H2,27,28,29)/b3-2+. The third-order valence-corrected chi connectivity index (χ3v) is 7.79. The highest BCUT2D eigenvalue weighted by Crippen LogP contribution is 2.35. The number of aromatic nitrogens is 4. The number of carbonyl (C=O) groups is 2. The molecule has 0 atom stereocenters. The second-order valence-corrected chi connectivity index (χ2v) is 10.5. The number of anilines is 2. The number of nitrogens with two attached hydrogens (primary N) is 1. The third-order valence-electron chi connectivity index (χ3n) is 6.69. The van der Waals surface area contributed by atoms with Gasteiger partial charge in [0.2, 0.25) is 11.9 Å². The molecular weight excluding hydrogens is 504 g/mol. The van der Waals surface area contributed by atoms with E-state index < -0.39 is 0 Å². The molecule has 2 aliphatic rings. The van der Waals surface area contributed by atoms with Crippen molar-refractivity contribution in [1.29, 1.82) is 0 Å². The number of fused-ring (bicyclic) bond motifs is 1. The van der Waals surface area contributed by atoms with Gasteiger partial charge >= 0.3 is 0 Å². The number of ether oxygens (including phenoxy) is 1. The van der Waals surface area contributed by atoms with Crippen LogP contribution in [0.25, 0.3) is 21.6 Å². The van der Waals surface area contributed by atoms with Crippen molar-refractivity contribution in [2.24, 2.45) is 0 Å². The molecule has 3 aromatic rings. The second-order valence-electron chi connectivity index (χ2n) is 9.35. The van der Waals surface area contributed by atoms with Crippen molar-refractivity contribution >= 4 is 45.0 Å². The zero-order valence-corrected chi connectivity index (χ0v) is 22.3. The molecule has 1 amide bonds. The van der Waals surface area contributed by atoms with Crippen LogP contribution in [0.5, 0.6) is 0 Å². The molecule has 2 saturated heterocycles. The molecule has 38 heavy (non-hydrogen) atoms. The molecule has 3 aromatic heterocycles. The lowest BCUT2D eigenvalue weighted by Gasteiger charge is -2.34. The molecule has 0 bridgehead atoms. The number of thiophene rings is 1. The van der Waals surface area contributed by atoms with E-state index in [2.05, 4.69) is 25.8 Å². The Morgan fingerprint density at radius 1 is 1.05 bits per heavy atom. The number of nitrogens with zero attached hydrogens (tertiary/aromatic N) is 7. The van der Waals surface area contributed by atoms with Crippen LogP contribution >= 0.6 is 11.3 Å². The number of morpholine rings is 1. The van der Waals surface area contributed by atoms with Crippen LogP contribution in [0.3, 0.4) is 0 Å². The van der Waals surface area contributed by atoms with Crippen LogP contribution in [-0.4, -0.2) is 93.9 Å². The summed E-state index contributed by atoms with van der Waals surface area (Å²) < 4.78 is 6.62. The molecule has 5 rings (SSSR count). The number of hydrogen-bond acceptors (Lipinski definition) is 11. The van der Waals surface area contributed by atoms with Gasteiger partial charge in [-0.25, -0.2) is 19.9 Å². The fourth-order valence-electron chi connectivity index (χ4n) is 4.65. The van der Waals surface area contributed by atoms with Gasteiger partial charge in [-0.1, -0.05) is 6.08 Å². The highest BCUT2D eigenvalue weighted by molar-refractivity contribution is 7.19. The molecule has 2 N–H and O–H groups in total. The van der Waals surface area contributed by atoms with E-state index in [9.17, 15) is 9.59 Å². The topological polar surface area (TPSA) is 131 Å². The van der Waals surface area contributed by atoms with E-state index >= 15 is 0 Å². The lowest BCUT2D eigenvalue weighted by Crippen LogP contribution is -2.48. The summed E-state index contributed by atoms with van der Waals surface area (Å²) >= 11 is 1.72. The highest BCUT2D eigenvalue weighted by atomic mass is 32.1. The van der Waals surface area contributed by atoms with Crippen LogP contribution in [0.1, 0.15) is 24.6 Å². The Morgan fingerprint density at radius 3 is 2.50 bits per heavy atom. The summed E-state index contributed by atoms with van der Waals surface area (Å²) in [6.45, 7) is 8.37. The van der Waals surface area contributed by atoms with Crippen molar-refractivity contribution in [3.8, 4) is 11.4 Å². The molecule has 0 radical (unpaired) electrons. The number of piperazine rings is 1. The molecule has 0 aromatic carbocycles. The normalized spacial score (nSPS) is 17.0. The van der Waals surface area contributed by atoms with Gasteiger partial charge in [0.15, 0.2) is 17.4 Å². The van der Waals surface area contributed by atoms with Crippen molar-refractivity contribution in [1.82, 2.24) is 29.7 Å². The first-order valence-corrected chi connectivity index (χ1v) is 13.7. The van der Waals surface area contributed by atoms with E-state index in [-0.39, 0.29) is 30.5 Å². The minimum atomic E-state index is -0.00382. The Bertz CT molecular complexity index is 1310. The molecule has 2 fully saturated rings. The zero-order valence-electron chi connectivity index (χ0n) is 21.5. The summed E-state index contributed by atoms with van der Waals surface area (Å²) in [5.74, 6) is 1.74. The van der Waals surface area contributed by atoms with Crippen LogP contribution in [0.2, 0.25) is 0 Å². The van der Waals surface area contributed by atoms with Gasteiger partial charge in [-0.05, 0) is 19.1 Å². The van der Waals surface area contributed by atoms with Gasteiger partial charge in [0.05, 0.1) is 29.0 Å². The Morgan fingerprint density at radius 2 is 1.79 bits per heavy atom. The van der Waals surface area contributed by atoms with E-state index in [1.54, 1.807) is 36.7 Å². The number of carbonyl (C=O) groups excluding carboxylic acids is 2. The Hall–Kier alpha value is -3.48. The lowest BCUT2D eigenvalue weighted by atomic mass is 10.2. The molecule has 0 spiro atoms. The summed E-state index contributed by atoms with van der Waals surface area (Å²) in [6, 6.07) is 2.14. The Labute approximate surface area is 225 Å². The Kier molecular flexibility index (Phi) is 8.20. The summed E-state index contributed by atoms with van der Waals surface area (Å²) in [5.41, 5.74) is 7.29. The maximum Gasteiger partial charge on any atom is 0.223 e. The van der Waals surface area contributed by atoms with E-state index in [4.69, 9.17) is 20.4 Å². The average Bonchev–Trinajstić information content (AvgIpc) is 3.35. The first-order chi connectivity index (χ1) is 18.5. The van der Waals surface area contributed by atoms with Crippen molar-refractivity contribution in [3.05, 3.63) is 35.5 Å². The minimum Gasteiger partial charge on any atom is -0.378 e. The van der Waals surface area contributed by atoms with Gasteiger partial charge in [0.25, 0.3) is 0 Å². The van der Waals surface area contributed by atoms with Crippen molar-refractivity contribution in [2.45, 2.75) is 26.3 Å². The molecule has 0 aliphatic carbocycles. The second kappa shape index (κ2) is 11.9. The monoisotopic (exact) mass is 536 g/mol. The summed E-state index contributed by atoms with van der Waals surface area (Å²) in [7, 11) is 0. The molecule has 0 unspecified atom stereocenters. The van der Waals surface area contributed by atoms with Gasteiger partial charge in [-0.3, -0.25) is 14.5 Å². The number of amides is 1. The molecule has 0 saturated carbocycles. The number of hydrogen-bond donors (Lipinski definition) is 1. The van der Waals surface area contributed by atoms with E-state index in [1.807, 2.05) is 4.90 Å². The predicted octanol–water partition coefficient (Wildman–Crippen LogP) is 2.14. The van der Waals surface area contributed by atoms with E-state index in [0.29, 0.717) is 32.1 Å². The summed E-state index contributed by atoms with van der Waals surface area (Å²) in [4.78, 5) is 49.9. The molecule has 200 valence electrons. The average molecular weight is 537 g/mol. The SMILES string of the molecule is C/C=C/C(=O)CCC(=O)N1CCN(Cc2cc3nc(-c4cnc(N)nc4)nc(N4CCOCC4)c3s2)CC1. The number of allylic oxidation sites excluding steroid dienone is 2. The zero-order chi connectivity index (χ0) is 26.5. The largest absolute Gasteiger partial charge is 0.378 e. The number of ketones is 1. The third kappa shape index (κ3) is 6.14. The predicted molar refractivity (Wildman–Crippen MR) is 147 cm³/mol. The number of nitrogen functional groups attached to an aromatic ring is 1. The van der Waals surface area contributed by atoms with Gasteiger partial charge < -0.3 is 20.3 Å². The molecule has 2 aliphatic heterocycles. The maximum atomic E-state index is 12.5. The maximum absolute atomic E-state index is 12.5. The minimum absolute atomic E-state index is 0.00382. The first-order valence-electron chi connectivity index (χ1n) is 12.9. The highest BCUT2D eigenvalue weighted by Gasteiger charge is 2.24. The van der Waals surface area contributed by atoms with Crippen molar-refractivity contribution in [2.75, 3.05) is 63.1 Å².